The fourth-order valence-corrected chi connectivity index (χ4v) is 7.06. The monoisotopic (exact) mass is 1450 g/mol. The molecule has 0 aliphatic carbocycles. The van der Waals surface area contributed by atoms with Crippen molar-refractivity contribution in [2.75, 3.05) is 76.0 Å². The zero-order valence-corrected chi connectivity index (χ0v) is 52.4. The van der Waals surface area contributed by atoms with Crippen molar-refractivity contribution in [3.63, 3.8) is 0 Å². The average molecular weight is 1450 g/mol. The molecule has 16 heteroatoms. The van der Waals surface area contributed by atoms with Crippen molar-refractivity contribution in [2.24, 2.45) is 20.0 Å². The number of hydrogen-bond acceptors (Lipinski definition) is 12. The van der Waals surface area contributed by atoms with Gasteiger partial charge in [0.05, 0.1) is 0 Å². The Morgan fingerprint density at radius 1 is 0.250 bits per heavy atom. The summed E-state index contributed by atoms with van der Waals surface area (Å²) >= 11 is 20.8. The van der Waals surface area contributed by atoms with Crippen LogP contribution in [0.25, 0.3) is 0 Å². The zero-order valence-electron chi connectivity index (χ0n) is 43.2. The molecule has 408 valence electrons. The first-order valence-electron chi connectivity index (χ1n) is 23.0. The van der Waals surface area contributed by atoms with Gasteiger partial charge in [-0.05, 0) is 95.1 Å². The van der Waals surface area contributed by atoms with Crippen LogP contribution in [-0.4, -0.2) is 81.2 Å². The Hall–Kier alpha value is -4.52. The maximum atomic E-state index is 5.20. The van der Waals surface area contributed by atoms with Gasteiger partial charge >= 0.3 is 89.5 Å². The third kappa shape index (κ3) is 24.4. The molecule has 0 N–H and O–H groups in total. The van der Waals surface area contributed by atoms with Crippen LogP contribution in [0.15, 0.2) is 234 Å². The second-order valence-corrected chi connectivity index (χ2v) is 18.6. The summed E-state index contributed by atoms with van der Waals surface area (Å²) in [4.78, 5) is 29.0. The Morgan fingerprint density at radius 2 is 0.408 bits per heavy atom. The maximum Gasteiger partial charge on any atom is 1.00 e. The standard InChI is InChI=1S/4C15H16N2S.4Ag/c4*1-17(2)13-9-7-12(8-10-13)11-16-14-5-3-4-6-15(14)18;;;;/h4*3-11,18H,1-2H3;;;;/q;;;;4*+1/p-4. The number of rotatable bonds is 12. The van der Waals surface area contributed by atoms with Crippen LogP contribution in [0.2, 0.25) is 0 Å². The number of aliphatic imine (C=N–C) groups is 4. The van der Waals surface area contributed by atoms with Crippen molar-refractivity contribution < 1.29 is 89.5 Å². The van der Waals surface area contributed by atoms with Gasteiger partial charge in [0.15, 0.2) is 0 Å². The first kappa shape index (κ1) is 69.5. The molecule has 8 aromatic carbocycles. The molecule has 0 fully saturated rings. The van der Waals surface area contributed by atoms with Crippen molar-refractivity contribution in [3.05, 3.63) is 216 Å². The van der Waals surface area contributed by atoms with Crippen molar-refractivity contribution in [1.29, 1.82) is 0 Å². The minimum atomic E-state index is 0. The number of para-hydroxylation sites is 4. The molecule has 0 amide bonds. The zero-order chi connectivity index (χ0) is 51.8. The third-order valence-electron chi connectivity index (χ3n) is 10.5. The third-order valence-corrected chi connectivity index (χ3v) is 11.9. The van der Waals surface area contributed by atoms with Crippen LogP contribution in [-0.2, 0) is 140 Å². The Balaban J connectivity index is 0.000000498. The summed E-state index contributed by atoms with van der Waals surface area (Å²) in [5, 5.41) is 0. The van der Waals surface area contributed by atoms with Crippen LogP contribution in [0, 0.1) is 0 Å². The molecule has 8 aromatic rings. The molecule has 8 rings (SSSR count). The molecular weight excluding hydrogens is 1390 g/mol. The van der Waals surface area contributed by atoms with Crippen LogP contribution in [0.3, 0.4) is 0 Å². The van der Waals surface area contributed by atoms with E-state index in [9.17, 15) is 0 Å². The summed E-state index contributed by atoms with van der Waals surface area (Å²) in [6.07, 6.45) is 7.35. The summed E-state index contributed by atoms with van der Waals surface area (Å²) in [6.45, 7) is 0. The molecule has 0 aromatic heterocycles. The second-order valence-electron chi connectivity index (χ2n) is 16.8. The molecular formula is C60H60Ag4N8S4. The summed E-state index contributed by atoms with van der Waals surface area (Å²) in [6, 6.07) is 63.6. The fourth-order valence-electron chi connectivity index (χ4n) is 6.27. The van der Waals surface area contributed by atoms with E-state index in [2.05, 4.69) is 88.1 Å². The minimum absolute atomic E-state index is 0. The van der Waals surface area contributed by atoms with Crippen molar-refractivity contribution in [2.45, 2.75) is 19.6 Å². The molecule has 0 bridgehead atoms. The van der Waals surface area contributed by atoms with Gasteiger partial charge in [0.1, 0.15) is 0 Å². The second kappa shape index (κ2) is 37.3. The van der Waals surface area contributed by atoms with E-state index in [0.717, 1.165) is 64.6 Å². The largest absolute Gasteiger partial charge is 1.00 e. The first-order chi connectivity index (χ1) is 34.7. The summed E-state index contributed by atoms with van der Waals surface area (Å²) < 4.78 is 0. The van der Waals surface area contributed by atoms with Gasteiger partial charge in [0.25, 0.3) is 0 Å². The van der Waals surface area contributed by atoms with E-state index in [1.54, 1.807) is 0 Å². The van der Waals surface area contributed by atoms with E-state index in [4.69, 9.17) is 50.5 Å². The maximum absolute atomic E-state index is 5.20. The first-order valence-corrected chi connectivity index (χ1v) is 24.6. The number of anilines is 4. The topological polar surface area (TPSA) is 62.4 Å². The predicted molar refractivity (Wildman–Crippen MR) is 320 cm³/mol. The van der Waals surface area contributed by atoms with Gasteiger partial charge in [0, 0.05) is 127 Å². The number of benzene rings is 8. The molecule has 0 aliphatic rings. The number of nitrogens with zero attached hydrogens (tertiary/aromatic N) is 8. The SMILES string of the molecule is CN(C)c1ccc(C=Nc2ccccc2[S-])cc1.CN(C)c1ccc(C=Nc2ccccc2[S-])cc1.CN(C)c1ccc(C=Nc2ccccc2[S-])cc1.CN(C)c1ccc(C=Nc2ccccc2[S-])cc1.[Ag+].[Ag+].[Ag+].[Ag+]. The van der Waals surface area contributed by atoms with E-state index in [1.165, 1.54) is 22.7 Å². The van der Waals surface area contributed by atoms with Gasteiger partial charge in [-0.3, -0.25) is 20.0 Å². The van der Waals surface area contributed by atoms with E-state index in [-0.39, 0.29) is 89.5 Å². The van der Waals surface area contributed by atoms with Crippen LogP contribution < -0.4 is 19.6 Å². The van der Waals surface area contributed by atoms with Crippen LogP contribution in [0.1, 0.15) is 22.3 Å². The Labute approximate surface area is 536 Å². The number of hydrogen-bond donors (Lipinski definition) is 0. The molecule has 0 atom stereocenters. The molecule has 0 aliphatic heterocycles. The summed E-state index contributed by atoms with van der Waals surface area (Å²) in [5.74, 6) is 0. The average Bonchev–Trinajstić information content (AvgIpc) is 3.39. The van der Waals surface area contributed by atoms with E-state index in [0.29, 0.717) is 0 Å². The normalized spacial score (nSPS) is 10.2. The molecule has 76 heavy (non-hydrogen) atoms. The van der Waals surface area contributed by atoms with Crippen molar-refractivity contribution in [3.8, 4) is 0 Å². The summed E-state index contributed by atoms with van der Waals surface area (Å²) in [5.41, 5.74) is 12.3. The van der Waals surface area contributed by atoms with Crippen LogP contribution in [0.4, 0.5) is 45.5 Å². The van der Waals surface area contributed by atoms with E-state index < -0.39 is 0 Å². The van der Waals surface area contributed by atoms with Crippen molar-refractivity contribution in [1.82, 2.24) is 0 Å². The summed E-state index contributed by atoms with van der Waals surface area (Å²) in [7, 11) is 16.2. The van der Waals surface area contributed by atoms with Gasteiger partial charge < -0.3 is 70.1 Å². The van der Waals surface area contributed by atoms with Crippen LogP contribution >= 0.6 is 0 Å². The van der Waals surface area contributed by atoms with E-state index >= 15 is 0 Å². The quantitative estimate of drug-likeness (QED) is 0.0681. The molecule has 0 saturated heterocycles. The van der Waals surface area contributed by atoms with Gasteiger partial charge in [-0.2, -0.15) is 0 Å². The van der Waals surface area contributed by atoms with Gasteiger partial charge in [-0.25, -0.2) is 0 Å². The predicted octanol–water partition coefficient (Wildman–Crippen LogP) is 13.6. The van der Waals surface area contributed by atoms with Gasteiger partial charge in [-0.1, -0.05) is 121 Å². The molecule has 8 nitrogen and oxygen atoms in total. The molecule has 0 heterocycles. The molecule has 0 saturated carbocycles. The Morgan fingerprint density at radius 3 is 0.553 bits per heavy atom. The fraction of sp³-hybridized carbons (Fsp3) is 0.133. The van der Waals surface area contributed by atoms with Gasteiger partial charge in [-0.15, -0.1) is 19.6 Å². The van der Waals surface area contributed by atoms with E-state index in [1.807, 2.05) is 227 Å². The Kier molecular flexibility index (Phi) is 34.1. The molecule has 0 radical (unpaired) electrons. The molecule has 0 spiro atoms. The molecule has 0 unspecified atom stereocenters. The Bertz CT molecular complexity index is 2610. The minimum Gasteiger partial charge on any atom is -0.778 e. The van der Waals surface area contributed by atoms with Crippen molar-refractivity contribution >= 4 is 121 Å². The smallest absolute Gasteiger partial charge is 0.778 e. The van der Waals surface area contributed by atoms with Gasteiger partial charge in [0.2, 0.25) is 0 Å². The van der Waals surface area contributed by atoms with Crippen LogP contribution in [0.5, 0.6) is 0 Å².